The van der Waals surface area contributed by atoms with E-state index in [9.17, 15) is 9.59 Å². The van der Waals surface area contributed by atoms with Crippen LogP contribution in [0, 0.1) is 0 Å². The molecule has 192 valence electrons. The molecule has 0 aromatic heterocycles. The van der Waals surface area contributed by atoms with Crippen LogP contribution in [-0.4, -0.2) is 38.4 Å². The number of benzene rings is 3. The predicted molar refractivity (Wildman–Crippen MR) is 145 cm³/mol. The highest BCUT2D eigenvalue weighted by atomic mass is 35.5. The number of carbonyl (C=O) groups excluding carboxylic acids is 2. The summed E-state index contributed by atoms with van der Waals surface area (Å²) in [6, 6.07) is 21.4. The quantitative estimate of drug-likeness (QED) is 0.134. The van der Waals surface area contributed by atoms with E-state index in [0.29, 0.717) is 37.7 Å². The maximum atomic E-state index is 11.0. The number of hydrogen-bond donors (Lipinski definition) is 0. The van der Waals surface area contributed by atoms with Gasteiger partial charge in [-0.3, -0.25) is 0 Å². The van der Waals surface area contributed by atoms with Gasteiger partial charge >= 0.3 is 11.9 Å². The normalized spacial score (nSPS) is 10.3. The SMILES string of the molecule is C=CC(=O)OCCCOc1ccc(-c2ccc(-c3ccc(OCCCOC(=O)C=C)cc3)c(Cl)c2)cc1. The van der Waals surface area contributed by atoms with Crippen LogP contribution < -0.4 is 9.47 Å². The summed E-state index contributed by atoms with van der Waals surface area (Å²) in [5.74, 6) is 0.599. The third kappa shape index (κ3) is 8.85. The Morgan fingerprint density at radius 3 is 1.57 bits per heavy atom. The maximum Gasteiger partial charge on any atom is 0.330 e. The molecule has 0 atom stereocenters. The van der Waals surface area contributed by atoms with Gasteiger partial charge in [-0.25, -0.2) is 9.59 Å². The summed E-state index contributed by atoms with van der Waals surface area (Å²) in [7, 11) is 0. The van der Waals surface area contributed by atoms with Gasteiger partial charge in [0.2, 0.25) is 0 Å². The lowest BCUT2D eigenvalue weighted by molar-refractivity contribution is -0.138. The van der Waals surface area contributed by atoms with Crippen LogP contribution in [0.1, 0.15) is 12.8 Å². The van der Waals surface area contributed by atoms with Gasteiger partial charge in [0.05, 0.1) is 26.4 Å². The molecular formula is C30H29ClO6. The molecule has 0 fully saturated rings. The molecule has 0 aliphatic carbocycles. The van der Waals surface area contributed by atoms with Crippen molar-refractivity contribution in [3.8, 4) is 33.8 Å². The van der Waals surface area contributed by atoms with Crippen molar-refractivity contribution in [3.05, 3.63) is 97.1 Å². The molecule has 0 aliphatic heterocycles. The highest BCUT2D eigenvalue weighted by molar-refractivity contribution is 6.33. The summed E-state index contributed by atoms with van der Waals surface area (Å²) in [5.41, 5.74) is 3.91. The average molecular weight is 521 g/mol. The molecule has 0 amide bonds. The number of carbonyl (C=O) groups is 2. The summed E-state index contributed by atoms with van der Waals surface area (Å²) in [6.07, 6.45) is 3.47. The molecule has 6 nitrogen and oxygen atoms in total. The molecular weight excluding hydrogens is 492 g/mol. The van der Waals surface area contributed by atoms with Crippen LogP contribution >= 0.6 is 11.6 Å². The van der Waals surface area contributed by atoms with Crippen molar-refractivity contribution in [1.29, 1.82) is 0 Å². The van der Waals surface area contributed by atoms with Crippen molar-refractivity contribution < 1.29 is 28.5 Å². The first-order chi connectivity index (χ1) is 18.0. The van der Waals surface area contributed by atoms with Crippen molar-refractivity contribution in [3.63, 3.8) is 0 Å². The molecule has 37 heavy (non-hydrogen) atoms. The monoisotopic (exact) mass is 520 g/mol. The zero-order valence-corrected chi connectivity index (χ0v) is 21.2. The Labute approximate surface area is 222 Å². The number of esters is 2. The fourth-order valence-corrected chi connectivity index (χ4v) is 3.65. The fourth-order valence-electron chi connectivity index (χ4n) is 3.36. The second-order valence-electron chi connectivity index (χ2n) is 7.89. The minimum atomic E-state index is -0.435. The summed E-state index contributed by atoms with van der Waals surface area (Å²) in [4.78, 5) is 22.0. The molecule has 0 aliphatic rings. The first kappa shape index (κ1) is 27.6. The smallest absolute Gasteiger partial charge is 0.330 e. The Balaban J connectivity index is 1.51. The van der Waals surface area contributed by atoms with E-state index < -0.39 is 11.9 Å². The van der Waals surface area contributed by atoms with Gasteiger partial charge in [0.25, 0.3) is 0 Å². The molecule has 0 heterocycles. The fraction of sp³-hybridized carbons (Fsp3) is 0.200. The van der Waals surface area contributed by atoms with E-state index >= 15 is 0 Å². The van der Waals surface area contributed by atoms with Gasteiger partial charge in [-0.05, 0) is 47.0 Å². The number of halogens is 1. The standard InChI is InChI=1S/C30H29ClO6/c1-3-29(32)36-19-5-17-34-25-12-7-22(8-13-25)24-11-16-27(28(31)21-24)23-9-14-26(15-10-23)35-18-6-20-37-30(33)4-2/h3-4,7-16,21H,1-2,5-6,17-20H2. The first-order valence-electron chi connectivity index (χ1n) is 11.8. The third-order valence-corrected chi connectivity index (χ3v) is 5.57. The topological polar surface area (TPSA) is 71.1 Å². The van der Waals surface area contributed by atoms with Gasteiger partial charge in [0.1, 0.15) is 11.5 Å². The van der Waals surface area contributed by atoms with E-state index in [4.69, 9.17) is 30.5 Å². The van der Waals surface area contributed by atoms with Crippen LogP contribution in [0.3, 0.4) is 0 Å². The Bertz CT molecular complexity index is 1200. The second-order valence-corrected chi connectivity index (χ2v) is 8.30. The molecule has 0 saturated carbocycles. The van der Waals surface area contributed by atoms with Crippen molar-refractivity contribution in [2.45, 2.75) is 12.8 Å². The van der Waals surface area contributed by atoms with E-state index in [0.717, 1.165) is 45.9 Å². The molecule has 0 saturated heterocycles. The van der Waals surface area contributed by atoms with Gasteiger partial charge in [-0.2, -0.15) is 0 Å². The van der Waals surface area contributed by atoms with Gasteiger partial charge in [-0.15, -0.1) is 0 Å². The molecule has 3 aromatic rings. The van der Waals surface area contributed by atoms with Crippen LogP contribution in [0.4, 0.5) is 0 Å². The minimum absolute atomic E-state index is 0.287. The number of rotatable bonds is 14. The zero-order chi connectivity index (χ0) is 26.5. The molecule has 7 heteroatoms. The summed E-state index contributed by atoms with van der Waals surface area (Å²) in [5, 5.41) is 0.643. The third-order valence-electron chi connectivity index (χ3n) is 5.26. The van der Waals surface area contributed by atoms with Crippen LogP contribution in [0.5, 0.6) is 11.5 Å². The number of hydrogen-bond acceptors (Lipinski definition) is 6. The highest BCUT2D eigenvalue weighted by Gasteiger charge is 2.08. The van der Waals surface area contributed by atoms with E-state index in [-0.39, 0.29) is 6.61 Å². The Morgan fingerprint density at radius 1 is 0.649 bits per heavy atom. The molecule has 3 aromatic carbocycles. The summed E-state index contributed by atoms with van der Waals surface area (Å²) >= 11 is 6.63. The van der Waals surface area contributed by atoms with Crippen LogP contribution in [0.25, 0.3) is 22.3 Å². The van der Waals surface area contributed by atoms with Gasteiger partial charge < -0.3 is 18.9 Å². The van der Waals surface area contributed by atoms with Crippen LogP contribution in [-0.2, 0) is 19.1 Å². The van der Waals surface area contributed by atoms with Crippen molar-refractivity contribution >= 4 is 23.5 Å². The van der Waals surface area contributed by atoms with Gasteiger partial charge in [-0.1, -0.05) is 61.2 Å². The van der Waals surface area contributed by atoms with E-state index in [2.05, 4.69) is 13.2 Å². The Kier molecular flexibility index (Phi) is 10.8. The number of ether oxygens (including phenoxy) is 4. The lowest BCUT2D eigenvalue weighted by Gasteiger charge is -2.11. The van der Waals surface area contributed by atoms with Gasteiger partial charge in [0, 0.05) is 35.6 Å². The maximum absolute atomic E-state index is 11.0. The minimum Gasteiger partial charge on any atom is -0.493 e. The molecule has 0 unspecified atom stereocenters. The average Bonchev–Trinajstić information content (AvgIpc) is 2.93. The van der Waals surface area contributed by atoms with Crippen LogP contribution in [0.15, 0.2) is 92.0 Å². The first-order valence-corrected chi connectivity index (χ1v) is 12.2. The molecule has 0 radical (unpaired) electrons. The summed E-state index contributed by atoms with van der Waals surface area (Å²) in [6.45, 7) is 8.17. The van der Waals surface area contributed by atoms with E-state index in [1.54, 1.807) is 0 Å². The van der Waals surface area contributed by atoms with Gasteiger partial charge in [0.15, 0.2) is 0 Å². The van der Waals surface area contributed by atoms with Crippen molar-refractivity contribution in [1.82, 2.24) is 0 Å². The van der Waals surface area contributed by atoms with E-state index in [1.807, 2.05) is 66.7 Å². The van der Waals surface area contributed by atoms with E-state index in [1.165, 1.54) is 0 Å². The second kappa shape index (κ2) is 14.5. The molecule has 0 N–H and O–H groups in total. The predicted octanol–water partition coefficient (Wildman–Crippen LogP) is 6.67. The molecule has 3 rings (SSSR count). The molecule has 0 bridgehead atoms. The highest BCUT2D eigenvalue weighted by Crippen LogP contribution is 2.33. The zero-order valence-electron chi connectivity index (χ0n) is 20.5. The molecule has 0 spiro atoms. The Hall–Kier alpha value is -4.03. The summed E-state index contributed by atoms with van der Waals surface area (Å²) < 4.78 is 21.2. The Morgan fingerprint density at radius 2 is 1.11 bits per heavy atom. The van der Waals surface area contributed by atoms with Crippen molar-refractivity contribution in [2.75, 3.05) is 26.4 Å². The van der Waals surface area contributed by atoms with Crippen molar-refractivity contribution in [2.24, 2.45) is 0 Å². The lowest BCUT2D eigenvalue weighted by Crippen LogP contribution is -2.06. The lowest BCUT2D eigenvalue weighted by atomic mass is 10.00. The largest absolute Gasteiger partial charge is 0.493 e. The van der Waals surface area contributed by atoms with Crippen LogP contribution in [0.2, 0.25) is 5.02 Å².